The number of hydrogen-bond donors (Lipinski definition) is 0. The molecule has 0 heterocycles. The Morgan fingerprint density at radius 3 is 2.38 bits per heavy atom. The van der Waals surface area contributed by atoms with E-state index < -0.39 is 15.8 Å². The molecule has 0 aliphatic heterocycles. The van der Waals surface area contributed by atoms with Gasteiger partial charge < -0.3 is 4.79 Å². The van der Waals surface area contributed by atoms with Crippen LogP contribution in [0.1, 0.15) is 12.5 Å². The van der Waals surface area contributed by atoms with Crippen molar-refractivity contribution in [1.82, 2.24) is 0 Å². The Balaban J connectivity index is 2.67. The highest BCUT2D eigenvalue weighted by Crippen LogP contribution is 2.09. The first-order valence-electron chi connectivity index (χ1n) is 5.27. The van der Waals surface area contributed by atoms with Gasteiger partial charge in [-0.1, -0.05) is 37.3 Å². The van der Waals surface area contributed by atoms with Crippen molar-refractivity contribution in [2.75, 3.05) is 11.5 Å². The fraction of sp³-hybridized carbons (Fsp3) is 0.417. The van der Waals surface area contributed by atoms with Gasteiger partial charge in [-0.05, 0) is 12.0 Å². The second kappa shape index (κ2) is 5.80. The normalized spacial score (nSPS) is 13.3. The van der Waals surface area contributed by atoms with Crippen LogP contribution in [0.15, 0.2) is 30.3 Å². The second-order valence-corrected chi connectivity index (χ2v) is 6.18. The van der Waals surface area contributed by atoms with E-state index >= 15 is 0 Å². The molecule has 88 valence electrons. The topological polar surface area (TPSA) is 51.2 Å². The van der Waals surface area contributed by atoms with E-state index in [1.165, 1.54) is 0 Å². The molecule has 0 amide bonds. The van der Waals surface area contributed by atoms with Gasteiger partial charge in [-0.15, -0.1) is 0 Å². The number of benzene rings is 1. The molecule has 0 aliphatic rings. The maximum Gasteiger partial charge on any atom is 0.150 e. The van der Waals surface area contributed by atoms with Crippen LogP contribution in [0, 0.1) is 5.92 Å². The van der Waals surface area contributed by atoms with E-state index in [2.05, 4.69) is 0 Å². The zero-order valence-electron chi connectivity index (χ0n) is 9.30. The fourth-order valence-electron chi connectivity index (χ4n) is 1.51. The Morgan fingerprint density at radius 2 is 1.88 bits per heavy atom. The van der Waals surface area contributed by atoms with Gasteiger partial charge in [-0.3, -0.25) is 0 Å². The van der Waals surface area contributed by atoms with Crippen LogP contribution in [0.5, 0.6) is 0 Å². The molecule has 0 aliphatic carbocycles. The maximum atomic E-state index is 11.4. The summed E-state index contributed by atoms with van der Waals surface area (Å²) >= 11 is 0. The molecule has 0 saturated heterocycles. The van der Waals surface area contributed by atoms with Crippen molar-refractivity contribution in [1.29, 1.82) is 0 Å². The number of rotatable bonds is 6. The molecular weight excluding hydrogens is 224 g/mol. The summed E-state index contributed by atoms with van der Waals surface area (Å²) < 4.78 is 22.8. The lowest BCUT2D eigenvalue weighted by molar-refractivity contribution is -0.110. The third kappa shape index (κ3) is 4.14. The Labute approximate surface area is 96.4 Å². The summed E-state index contributed by atoms with van der Waals surface area (Å²) in [6.07, 6.45) is 1.23. The quantitative estimate of drug-likeness (QED) is 0.708. The van der Waals surface area contributed by atoms with Gasteiger partial charge in [0.1, 0.15) is 6.29 Å². The van der Waals surface area contributed by atoms with Gasteiger partial charge in [-0.2, -0.15) is 0 Å². The zero-order chi connectivity index (χ0) is 12.0. The molecule has 0 saturated carbocycles. The molecule has 0 aromatic heterocycles. The molecule has 0 spiro atoms. The van der Waals surface area contributed by atoms with Crippen molar-refractivity contribution in [2.45, 2.75) is 13.3 Å². The van der Waals surface area contributed by atoms with Crippen molar-refractivity contribution in [3.8, 4) is 0 Å². The van der Waals surface area contributed by atoms with E-state index in [9.17, 15) is 13.2 Å². The van der Waals surface area contributed by atoms with E-state index in [1.807, 2.05) is 30.3 Å². The lowest BCUT2D eigenvalue weighted by Crippen LogP contribution is -2.20. The molecule has 0 fully saturated rings. The number of carbonyl (C=O) groups is 1. The molecular formula is C12H16O3S. The number of hydrogen-bond acceptors (Lipinski definition) is 3. The minimum Gasteiger partial charge on any atom is -0.303 e. The van der Waals surface area contributed by atoms with Crippen molar-refractivity contribution in [3.05, 3.63) is 35.9 Å². The molecule has 1 rings (SSSR count). The fourth-order valence-corrected chi connectivity index (χ4v) is 2.59. The molecule has 1 aromatic rings. The number of aldehydes is 1. The molecule has 1 atom stereocenters. The van der Waals surface area contributed by atoms with Crippen LogP contribution in [0.2, 0.25) is 0 Å². The number of sulfone groups is 1. The Hall–Kier alpha value is -1.16. The van der Waals surface area contributed by atoms with Crippen molar-refractivity contribution < 1.29 is 13.2 Å². The Bertz CT molecular complexity index is 423. The van der Waals surface area contributed by atoms with E-state index in [1.54, 1.807) is 6.92 Å². The van der Waals surface area contributed by atoms with Crippen LogP contribution in [-0.4, -0.2) is 26.2 Å². The summed E-state index contributed by atoms with van der Waals surface area (Å²) in [7, 11) is -3.08. The second-order valence-electron chi connectivity index (χ2n) is 3.78. The summed E-state index contributed by atoms with van der Waals surface area (Å²) in [5, 5.41) is 0. The van der Waals surface area contributed by atoms with E-state index in [0.29, 0.717) is 6.42 Å². The van der Waals surface area contributed by atoms with Gasteiger partial charge in [0.2, 0.25) is 0 Å². The monoisotopic (exact) mass is 240 g/mol. The first kappa shape index (κ1) is 12.9. The van der Waals surface area contributed by atoms with E-state index in [-0.39, 0.29) is 11.5 Å². The smallest absolute Gasteiger partial charge is 0.150 e. The van der Waals surface area contributed by atoms with Crippen LogP contribution in [-0.2, 0) is 21.1 Å². The summed E-state index contributed by atoms with van der Waals surface area (Å²) in [5.74, 6) is -0.402. The summed E-state index contributed by atoms with van der Waals surface area (Å²) in [6, 6.07) is 9.45. The predicted molar refractivity (Wildman–Crippen MR) is 64.0 cm³/mol. The Morgan fingerprint density at radius 1 is 1.25 bits per heavy atom. The maximum absolute atomic E-state index is 11.4. The van der Waals surface area contributed by atoms with Gasteiger partial charge >= 0.3 is 0 Å². The van der Waals surface area contributed by atoms with Gasteiger partial charge in [0, 0.05) is 11.7 Å². The van der Waals surface area contributed by atoms with Crippen molar-refractivity contribution in [3.63, 3.8) is 0 Å². The first-order chi connectivity index (χ1) is 7.57. The SMILES string of the molecule is CCS(=O)(=O)CC(C=O)Cc1ccccc1. The van der Waals surface area contributed by atoms with Crippen LogP contribution in [0.3, 0.4) is 0 Å². The average molecular weight is 240 g/mol. The van der Waals surface area contributed by atoms with Gasteiger partial charge in [0.15, 0.2) is 9.84 Å². The lowest BCUT2D eigenvalue weighted by Gasteiger charge is -2.09. The minimum atomic E-state index is -3.08. The highest BCUT2D eigenvalue weighted by atomic mass is 32.2. The summed E-state index contributed by atoms with van der Waals surface area (Å²) in [4.78, 5) is 10.8. The average Bonchev–Trinajstić information content (AvgIpc) is 2.29. The molecule has 1 unspecified atom stereocenters. The van der Waals surface area contributed by atoms with E-state index in [4.69, 9.17) is 0 Å². The summed E-state index contributed by atoms with van der Waals surface area (Å²) in [5.41, 5.74) is 0.992. The van der Waals surface area contributed by atoms with Crippen molar-refractivity contribution >= 4 is 16.1 Å². The van der Waals surface area contributed by atoms with Gasteiger partial charge in [0.25, 0.3) is 0 Å². The zero-order valence-corrected chi connectivity index (χ0v) is 10.1. The first-order valence-corrected chi connectivity index (χ1v) is 7.09. The van der Waals surface area contributed by atoms with Crippen LogP contribution < -0.4 is 0 Å². The number of carbonyl (C=O) groups excluding carboxylic acids is 1. The van der Waals surface area contributed by atoms with Crippen LogP contribution >= 0.6 is 0 Å². The molecule has 16 heavy (non-hydrogen) atoms. The molecule has 0 radical (unpaired) electrons. The largest absolute Gasteiger partial charge is 0.303 e. The van der Waals surface area contributed by atoms with Crippen molar-refractivity contribution in [2.24, 2.45) is 5.92 Å². The van der Waals surface area contributed by atoms with Gasteiger partial charge in [0.05, 0.1) is 5.75 Å². The predicted octanol–water partition coefficient (Wildman–Crippen LogP) is 1.48. The third-order valence-corrected chi connectivity index (χ3v) is 4.26. The van der Waals surface area contributed by atoms with Crippen LogP contribution in [0.25, 0.3) is 0 Å². The Kier molecular flexibility index (Phi) is 4.68. The van der Waals surface area contributed by atoms with E-state index in [0.717, 1.165) is 11.8 Å². The summed E-state index contributed by atoms with van der Waals surface area (Å²) in [6.45, 7) is 1.60. The third-order valence-electron chi connectivity index (χ3n) is 2.44. The highest BCUT2D eigenvalue weighted by Gasteiger charge is 2.17. The highest BCUT2D eigenvalue weighted by molar-refractivity contribution is 7.91. The molecule has 4 heteroatoms. The lowest BCUT2D eigenvalue weighted by atomic mass is 10.0. The molecule has 1 aromatic carbocycles. The molecule has 3 nitrogen and oxygen atoms in total. The van der Waals surface area contributed by atoms with Crippen LogP contribution in [0.4, 0.5) is 0 Å². The minimum absolute atomic E-state index is 0.0537. The molecule has 0 N–H and O–H groups in total. The standard InChI is InChI=1S/C12H16O3S/c1-2-16(14,15)10-12(9-13)8-11-6-4-3-5-7-11/h3-7,9,12H,2,8,10H2,1H3. The van der Waals surface area contributed by atoms with Gasteiger partial charge in [-0.25, -0.2) is 8.42 Å². The molecule has 0 bridgehead atoms.